The summed E-state index contributed by atoms with van der Waals surface area (Å²) < 4.78 is 63.2. The lowest BCUT2D eigenvalue weighted by Crippen LogP contribution is -2.72. The number of amides is 4. The Bertz CT molecular complexity index is 2680. The van der Waals surface area contributed by atoms with Crippen molar-refractivity contribution in [2.75, 3.05) is 39.6 Å². The Morgan fingerprint density at radius 1 is 0.423 bits per heavy atom. The standard InChI is InChI=1S/C53H86N4O40/c1-14(64)54-27-18(68)5-51(48(81)82,94-41(27)31(72)21(71)8-58)92-23(10-60)33(74)42-28(55-15(2)65)19(69)6-52(95-42,49(83)84)93-24(11-61)34(75)43-29(56-16(3)66)20(70)7-53(96-43,50(85)86)97-44-38(79)47(90-39-25(12-62)87-45(80)37(78)36(39)77)89-26(13-63)40(44)91-46-30(57-17(4)67)35(76)32(73)22(9-59)88-46/h18-47,58-63,68-80H,5-13H2,1-4H3,(H,54,64)(H,55,65)(H,56,66)(H,57,67)(H,81,82)(H,83,84)(H,85,86)/t18-,19-,20-,21+,22+,23+,24+,25+,26+,27+,28+,29+,30+,31+,32-,33+,34+,35+,36+,37+,38+,39+,40-,41+,42+,43+,44+,45+,46-,47-,51+,52+,53-/m0/s1. The van der Waals surface area contributed by atoms with E-state index >= 15 is 0 Å². The number of hydrogen-bond acceptors (Lipinski definition) is 37. The molecule has 4 amide bonds. The molecule has 26 N–H and O–H groups in total. The zero-order chi connectivity index (χ0) is 72.8. The average molecular weight is 1420 g/mol. The molecule has 6 aliphatic rings. The van der Waals surface area contributed by atoms with Crippen molar-refractivity contribution in [2.24, 2.45) is 0 Å². The van der Waals surface area contributed by atoms with Crippen LogP contribution in [-0.2, 0) is 85.7 Å². The van der Waals surface area contributed by atoms with Crippen molar-refractivity contribution >= 4 is 41.5 Å². The molecule has 6 heterocycles. The highest BCUT2D eigenvalue weighted by molar-refractivity contribution is 5.78. The Morgan fingerprint density at radius 3 is 1.19 bits per heavy atom. The highest BCUT2D eigenvalue weighted by atomic mass is 16.8. The van der Waals surface area contributed by atoms with Crippen LogP contribution < -0.4 is 21.3 Å². The van der Waals surface area contributed by atoms with Crippen molar-refractivity contribution in [2.45, 2.75) is 248 Å². The molecule has 0 aromatic carbocycles. The van der Waals surface area contributed by atoms with Crippen molar-refractivity contribution in [1.82, 2.24) is 21.3 Å². The molecule has 0 aromatic rings. The number of aliphatic carboxylic acids is 3. The van der Waals surface area contributed by atoms with E-state index in [0.29, 0.717) is 0 Å². The first-order chi connectivity index (χ1) is 45.4. The number of nitrogens with one attached hydrogen (secondary N) is 4. The van der Waals surface area contributed by atoms with Gasteiger partial charge < -0.3 is 186 Å². The van der Waals surface area contributed by atoms with Crippen LogP contribution in [0.4, 0.5) is 0 Å². The van der Waals surface area contributed by atoms with Gasteiger partial charge in [0.05, 0.1) is 76.1 Å². The molecule has 97 heavy (non-hydrogen) atoms. The van der Waals surface area contributed by atoms with Crippen LogP contribution >= 0.6 is 0 Å². The van der Waals surface area contributed by atoms with E-state index in [9.17, 15) is 146 Å². The molecular weight excluding hydrogens is 1330 g/mol. The van der Waals surface area contributed by atoms with Crippen molar-refractivity contribution in [1.29, 1.82) is 0 Å². The fourth-order valence-corrected chi connectivity index (χ4v) is 12.2. The van der Waals surface area contributed by atoms with E-state index < -0.39 is 301 Å². The number of hydrogen-bond donors (Lipinski definition) is 26. The third kappa shape index (κ3) is 17.7. The van der Waals surface area contributed by atoms with Gasteiger partial charge in [0.25, 0.3) is 17.4 Å². The van der Waals surface area contributed by atoms with Gasteiger partial charge in [-0.05, 0) is 0 Å². The quantitative estimate of drug-likeness (QED) is 0.0331. The van der Waals surface area contributed by atoms with Gasteiger partial charge in [-0.15, -0.1) is 0 Å². The normalized spacial score (nSPS) is 42.1. The van der Waals surface area contributed by atoms with Crippen molar-refractivity contribution in [3.8, 4) is 0 Å². The van der Waals surface area contributed by atoms with Gasteiger partial charge in [-0.2, -0.15) is 0 Å². The first kappa shape index (κ1) is 81.1. The van der Waals surface area contributed by atoms with Gasteiger partial charge in [0.2, 0.25) is 23.6 Å². The van der Waals surface area contributed by atoms with Crippen LogP contribution in [-0.4, -0.2) is 394 Å². The van der Waals surface area contributed by atoms with Crippen molar-refractivity contribution in [3.63, 3.8) is 0 Å². The first-order valence-corrected chi connectivity index (χ1v) is 30.0. The molecule has 6 saturated heterocycles. The van der Waals surface area contributed by atoms with Crippen LogP contribution in [0.25, 0.3) is 0 Å². The second-order valence-electron chi connectivity index (χ2n) is 24.0. The van der Waals surface area contributed by atoms with Gasteiger partial charge in [-0.25, -0.2) is 14.4 Å². The topological polar surface area (TPSA) is 714 Å². The summed E-state index contributed by atoms with van der Waals surface area (Å²) in [6, 6.07) is -7.90. The summed E-state index contributed by atoms with van der Waals surface area (Å²) in [7, 11) is 0. The number of carboxylic acids is 3. The maximum absolute atomic E-state index is 14.0. The van der Waals surface area contributed by atoms with Crippen molar-refractivity contribution < 1.29 is 198 Å². The number of carboxylic acid groups (broad SMARTS) is 3. The van der Waals surface area contributed by atoms with E-state index in [0.717, 1.165) is 27.7 Å². The van der Waals surface area contributed by atoms with Gasteiger partial charge in [-0.3, -0.25) is 19.2 Å². The van der Waals surface area contributed by atoms with E-state index in [1.165, 1.54) is 0 Å². The van der Waals surface area contributed by atoms with Crippen LogP contribution in [0.15, 0.2) is 0 Å². The van der Waals surface area contributed by atoms with Crippen LogP contribution in [0.5, 0.6) is 0 Å². The maximum Gasteiger partial charge on any atom is 0.364 e. The van der Waals surface area contributed by atoms with Gasteiger partial charge in [0, 0.05) is 47.0 Å². The number of aliphatic hydroxyl groups is 19. The van der Waals surface area contributed by atoms with E-state index in [1.54, 1.807) is 0 Å². The van der Waals surface area contributed by atoms with E-state index in [2.05, 4.69) is 21.3 Å². The second-order valence-corrected chi connectivity index (χ2v) is 24.0. The Morgan fingerprint density at radius 2 is 0.794 bits per heavy atom. The lowest BCUT2D eigenvalue weighted by molar-refractivity contribution is -0.401. The minimum Gasteiger partial charge on any atom is -0.477 e. The minimum absolute atomic E-state index is 0.819. The summed E-state index contributed by atoms with van der Waals surface area (Å²) >= 11 is 0. The molecule has 558 valence electrons. The fourth-order valence-electron chi connectivity index (χ4n) is 12.2. The van der Waals surface area contributed by atoms with E-state index in [1.807, 2.05) is 0 Å². The van der Waals surface area contributed by atoms with Gasteiger partial charge in [0.1, 0.15) is 128 Å². The zero-order valence-electron chi connectivity index (χ0n) is 51.9. The highest BCUT2D eigenvalue weighted by Gasteiger charge is 2.65. The molecule has 6 fully saturated rings. The van der Waals surface area contributed by atoms with Crippen LogP contribution in [0.3, 0.4) is 0 Å². The summed E-state index contributed by atoms with van der Waals surface area (Å²) in [5.41, 5.74) is 0. The molecule has 0 aliphatic carbocycles. The lowest BCUT2D eigenvalue weighted by atomic mass is 9.86. The average Bonchev–Trinajstić information content (AvgIpc) is 0.749. The number of aliphatic hydroxyl groups excluding tert-OH is 19. The second kappa shape index (κ2) is 33.7. The Hall–Kier alpha value is -4.91. The lowest BCUT2D eigenvalue weighted by Gasteiger charge is -2.52. The van der Waals surface area contributed by atoms with Gasteiger partial charge in [-0.1, -0.05) is 0 Å². The molecule has 0 aromatic heterocycles. The number of carbonyl (C=O) groups excluding carboxylic acids is 4. The smallest absolute Gasteiger partial charge is 0.364 e. The molecular formula is C53H86N4O40. The van der Waals surface area contributed by atoms with E-state index in [-0.39, 0.29) is 0 Å². The van der Waals surface area contributed by atoms with Crippen LogP contribution in [0.2, 0.25) is 0 Å². The Balaban J connectivity index is 1.42. The molecule has 0 saturated carbocycles. The summed E-state index contributed by atoms with van der Waals surface area (Å²) in [4.78, 5) is 91.0. The number of ether oxygens (including phenoxy) is 11. The Kier molecular flexibility index (Phi) is 28.2. The Labute approximate surface area is 547 Å². The minimum atomic E-state index is -3.67. The zero-order valence-corrected chi connectivity index (χ0v) is 51.9. The molecule has 0 unspecified atom stereocenters. The number of carbonyl (C=O) groups is 7. The summed E-state index contributed by atoms with van der Waals surface area (Å²) in [6.07, 6.45) is -64.5. The highest BCUT2D eigenvalue weighted by Crippen LogP contribution is 2.43. The molecule has 44 nitrogen and oxygen atoms in total. The van der Waals surface area contributed by atoms with Crippen molar-refractivity contribution in [3.05, 3.63) is 0 Å². The fraction of sp³-hybridized carbons (Fsp3) is 0.868. The number of rotatable bonds is 29. The van der Waals surface area contributed by atoms with Crippen LogP contribution in [0, 0.1) is 0 Å². The molecule has 0 spiro atoms. The predicted octanol–water partition coefficient (Wildman–Crippen LogP) is -15.9. The summed E-state index contributed by atoms with van der Waals surface area (Å²) in [5.74, 6) is -21.6. The first-order valence-electron chi connectivity index (χ1n) is 30.0. The third-order valence-electron chi connectivity index (χ3n) is 17.0. The molecule has 6 aliphatic heterocycles. The SMILES string of the molecule is CC(=O)N[C@H]1[C@H](O[C@@H]2[C@H](O[C@]3(C(=O)O)C[C@H](O)[C@@H](NC(C)=O)[C@H]([C@H](O)[C@@H](CO)O[C@]4(C(=O)O)C[C@H](O)[C@@H](NC(C)=O)[C@H]([C@H](O)[C@@H](CO)O[C@]5(C(=O)O)C[C@H](O)[C@@H](NC(C)=O)[C@H]([C@H](O)[C@H](O)CO)O5)O4)O3)[C@@H](O)[C@H](O[C@H]3[C@H](O)[C@@H](O)[C@H](O)O[C@@H]3CO)O[C@@H]2CO)O[C@H](CO)[C@H](O)[C@@H]1O. The molecule has 0 bridgehead atoms. The monoisotopic (exact) mass is 1420 g/mol. The van der Waals surface area contributed by atoms with Gasteiger partial charge in [0.15, 0.2) is 18.9 Å². The molecule has 44 heteroatoms. The predicted molar refractivity (Wildman–Crippen MR) is 297 cm³/mol. The summed E-state index contributed by atoms with van der Waals surface area (Å²) in [5, 5.41) is 251. The molecule has 33 atom stereocenters. The molecule has 0 radical (unpaired) electrons. The summed E-state index contributed by atoms with van der Waals surface area (Å²) in [6.45, 7) is -4.49. The largest absolute Gasteiger partial charge is 0.477 e. The molecule has 6 rings (SSSR count). The van der Waals surface area contributed by atoms with Crippen LogP contribution in [0.1, 0.15) is 47.0 Å². The van der Waals surface area contributed by atoms with Gasteiger partial charge >= 0.3 is 17.9 Å². The maximum atomic E-state index is 14.0. The van der Waals surface area contributed by atoms with E-state index in [4.69, 9.17) is 52.1 Å². The third-order valence-corrected chi connectivity index (χ3v) is 17.0.